The highest BCUT2D eigenvalue weighted by Crippen LogP contribution is 2.28. The maximum Gasteiger partial charge on any atom is 0.344 e. The highest BCUT2D eigenvalue weighted by Gasteiger charge is 2.20. The summed E-state index contributed by atoms with van der Waals surface area (Å²) in [4.78, 5) is 11.1. The van der Waals surface area contributed by atoms with Gasteiger partial charge in [-0.1, -0.05) is 29.3 Å². The van der Waals surface area contributed by atoms with E-state index in [0.717, 1.165) is 16.5 Å². The zero-order valence-corrected chi connectivity index (χ0v) is 12.1. The predicted molar refractivity (Wildman–Crippen MR) is 73.7 cm³/mol. The molecule has 0 aliphatic heterocycles. The largest absolute Gasteiger partial charge is 0.479 e. The van der Waals surface area contributed by atoms with Crippen LogP contribution in [0.4, 0.5) is 0 Å². The fourth-order valence-electron chi connectivity index (χ4n) is 1.63. The third kappa shape index (κ3) is 3.99. The van der Waals surface area contributed by atoms with Crippen molar-refractivity contribution in [2.24, 2.45) is 5.73 Å². The van der Waals surface area contributed by atoms with Gasteiger partial charge in [0, 0.05) is 16.1 Å². The maximum absolute atomic E-state index is 11.1. The first kappa shape index (κ1) is 15.0. The van der Waals surface area contributed by atoms with Crippen molar-refractivity contribution in [1.82, 2.24) is 0 Å². The summed E-state index contributed by atoms with van der Waals surface area (Å²) in [5, 5.41) is 9.08. The molecule has 0 aliphatic rings. The topological polar surface area (TPSA) is 72.5 Å². The molecule has 0 aromatic heterocycles. The van der Waals surface area contributed by atoms with Crippen LogP contribution in [0.1, 0.15) is 38.3 Å². The third-order valence-corrected chi connectivity index (χ3v) is 3.05. The molecule has 0 amide bonds. The van der Waals surface area contributed by atoms with E-state index >= 15 is 0 Å². The summed E-state index contributed by atoms with van der Waals surface area (Å²) < 4.78 is 6.46. The van der Waals surface area contributed by atoms with Crippen LogP contribution >= 0.6 is 15.9 Å². The van der Waals surface area contributed by atoms with Crippen LogP contribution in [0, 0.1) is 0 Å². The van der Waals surface area contributed by atoms with Gasteiger partial charge in [-0.15, -0.1) is 0 Å². The summed E-state index contributed by atoms with van der Waals surface area (Å²) in [7, 11) is 0. The third-order valence-electron chi connectivity index (χ3n) is 2.56. The molecular weight excluding hydrogens is 298 g/mol. The summed E-state index contributed by atoms with van der Waals surface area (Å²) in [6, 6.07) is 5.19. The Balaban J connectivity index is 2.98. The van der Waals surface area contributed by atoms with Crippen LogP contribution in [-0.4, -0.2) is 17.2 Å². The second kappa shape index (κ2) is 6.75. The summed E-state index contributed by atoms with van der Waals surface area (Å²) in [5.41, 5.74) is 6.66. The lowest BCUT2D eigenvalue weighted by Gasteiger charge is -2.19. The summed E-state index contributed by atoms with van der Waals surface area (Å²) in [6.45, 7) is 3.76. The van der Waals surface area contributed by atoms with Crippen LogP contribution in [0.2, 0.25) is 0 Å². The van der Waals surface area contributed by atoms with Crippen molar-refractivity contribution in [3.05, 3.63) is 28.2 Å². The Labute approximate surface area is 115 Å². The molecule has 4 nitrogen and oxygen atoms in total. The van der Waals surface area contributed by atoms with E-state index in [1.165, 1.54) is 0 Å². The molecule has 0 saturated heterocycles. The summed E-state index contributed by atoms with van der Waals surface area (Å²) in [5.74, 6) is -0.413. The fourth-order valence-corrected chi connectivity index (χ4v) is 2.01. The Bertz CT molecular complexity index is 421. The van der Waals surface area contributed by atoms with Crippen LogP contribution in [0.25, 0.3) is 0 Å². The smallest absolute Gasteiger partial charge is 0.344 e. The SMILES string of the molecule is CCCC(Oc1ccc(Br)cc1[C@@H](C)N)C(=O)O. The molecular formula is C13H18BrNO3. The Morgan fingerprint density at radius 1 is 1.56 bits per heavy atom. The number of carboxylic acid groups (broad SMARTS) is 1. The molecule has 0 aliphatic carbocycles. The number of ether oxygens (including phenoxy) is 1. The van der Waals surface area contributed by atoms with E-state index in [-0.39, 0.29) is 6.04 Å². The average Bonchev–Trinajstić information content (AvgIpc) is 2.30. The quantitative estimate of drug-likeness (QED) is 0.846. The molecule has 18 heavy (non-hydrogen) atoms. The van der Waals surface area contributed by atoms with Crippen molar-refractivity contribution in [3.63, 3.8) is 0 Å². The normalized spacial score (nSPS) is 14.0. The zero-order valence-electron chi connectivity index (χ0n) is 10.5. The van der Waals surface area contributed by atoms with Gasteiger partial charge in [0.1, 0.15) is 5.75 Å². The van der Waals surface area contributed by atoms with Gasteiger partial charge in [0.15, 0.2) is 6.10 Å². The molecule has 1 aromatic carbocycles. The highest BCUT2D eigenvalue weighted by molar-refractivity contribution is 9.10. The van der Waals surface area contributed by atoms with E-state index in [1.807, 2.05) is 26.0 Å². The van der Waals surface area contributed by atoms with Gasteiger partial charge in [0.25, 0.3) is 0 Å². The highest BCUT2D eigenvalue weighted by atomic mass is 79.9. The van der Waals surface area contributed by atoms with E-state index in [0.29, 0.717) is 12.2 Å². The van der Waals surface area contributed by atoms with Gasteiger partial charge in [0.05, 0.1) is 0 Å². The minimum Gasteiger partial charge on any atom is -0.479 e. The van der Waals surface area contributed by atoms with Crippen LogP contribution < -0.4 is 10.5 Å². The van der Waals surface area contributed by atoms with E-state index < -0.39 is 12.1 Å². The lowest BCUT2D eigenvalue weighted by Crippen LogP contribution is -2.27. The monoisotopic (exact) mass is 315 g/mol. The first-order valence-corrected chi connectivity index (χ1v) is 6.69. The van der Waals surface area contributed by atoms with Gasteiger partial charge in [-0.05, 0) is 31.5 Å². The number of rotatable bonds is 6. The van der Waals surface area contributed by atoms with Crippen molar-refractivity contribution < 1.29 is 14.6 Å². The molecule has 5 heteroatoms. The first-order chi connectivity index (χ1) is 8.45. The summed E-state index contributed by atoms with van der Waals surface area (Å²) >= 11 is 3.36. The minimum absolute atomic E-state index is 0.214. The van der Waals surface area contributed by atoms with Crippen molar-refractivity contribution >= 4 is 21.9 Å². The van der Waals surface area contributed by atoms with E-state index in [1.54, 1.807) is 6.07 Å². The minimum atomic E-state index is -0.949. The maximum atomic E-state index is 11.1. The molecule has 0 heterocycles. The Kier molecular flexibility index (Phi) is 5.62. The van der Waals surface area contributed by atoms with Crippen molar-refractivity contribution in [3.8, 4) is 5.75 Å². The molecule has 3 N–H and O–H groups in total. The molecule has 100 valence electrons. The molecule has 1 aromatic rings. The Morgan fingerprint density at radius 2 is 2.22 bits per heavy atom. The second-order valence-electron chi connectivity index (χ2n) is 4.20. The molecule has 1 unspecified atom stereocenters. The number of benzene rings is 1. The number of nitrogens with two attached hydrogens (primary N) is 1. The molecule has 0 saturated carbocycles. The number of carbonyl (C=O) groups is 1. The number of halogens is 1. The lowest BCUT2D eigenvalue weighted by atomic mass is 10.1. The van der Waals surface area contributed by atoms with Gasteiger partial charge in [0.2, 0.25) is 0 Å². The molecule has 0 radical (unpaired) electrons. The number of hydrogen-bond acceptors (Lipinski definition) is 3. The standard InChI is InChI=1S/C13H18BrNO3/c1-3-4-12(13(16)17)18-11-6-5-9(14)7-10(11)8(2)15/h5-8,12H,3-4,15H2,1-2H3,(H,16,17)/t8-,12?/m1/s1. The Hall–Kier alpha value is -1.07. The van der Waals surface area contributed by atoms with Crippen LogP contribution in [-0.2, 0) is 4.79 Å². The molecule has 0 spiro atoms. The van der Waals surface area contributed by atoms with Crippen molar-refractivity contribution in [1.29, 1.82) is 0 Å². The van der Waals surface area contributed by atoms with Crippen LogP contribution in [0.15, 0.2) is 22.7 Å². The lowest BCUT2D eigenvalue weighted by molar-refractivity contribution is -0.145. The average molecular weight is 316 g/mol. The van der Waals surface area contributed by atoms with Gasteiger partial charge >= 0.3 is 5.97 Å². The van der Waals surface area contributed by atoms with E-state index in [4.69, 9.17) is 15.6 Å². The summed E-state index contributed by atoms with van der Waals surface area (Å²) in [6.07, 6.45) is 0.402. The molecule has 0 bridgehead atoms. The molecule has 1 rings (SSSR count). The van der Waals surface area contributed by atoms with E-state index in [9.17, 15) is 4.79 Å². The second-order valence-corrected chi connectivity index (χ2v) is 5.12. The van der Waals surface area contributed by atoms with E-state index in [2.05, 4.69) is 15.9 Å². The predicted octanol–water partition coefficient (Wildman–Crippen LogP) is 3.10. The fraction of sp³-hybridized carbons (Fsp3) is 0.462. The van der Waals surface area contributed by atoms with Gasteiger partial charge in [-0.3, -0.25) is 0 Å². The van der Waals surface area contributed by atoms with Crippen molar-refractivity contribution in [2.45, 2.75) is 38.8 Å². The number of carboxylic acids is 1. The first-order valence-electron chi connectivity index (χ1n) is 5.90. The molecule has 2 atom stereocenters. The Morgan fingerprint density at radius 3 is 2.72 bits per heavy atom. The van der Waals surface area contributed by atoms with Crippen molar-refractivity contribution in [2.75, 3.05) is 0 Å². The van der Waals surface area contributed by atoms with Crippen LogP contribution in [0.5, 0.6) is 5.75 Å². The van der Waals surface area contributed by atoms with Gasteiger partial charge in [-0.25, -0.2) is 4.79 Å². The zero-order chi connectivity index (χ0) is 13.7. The van der Waals surface area contributed by atoms with Crippen LogP contribution in [0.3, 0.4) is 0 Å². The molecule has 0 fully saturated rings. The number of hydrogen-bond donors (Lipinski definition) is 2. The van der Waals surface area contributed by atoms with Gasteiger partial charge in [-0.2, -0.15) is 0 Å². The number of aliphatic carboxylic acids is 1. The van der Waals surface area contributed by atoms with Gasteiger partial charge < -0.3 is 15.6 Å².